The summed E-state index contributed by atoms with van der Waals surface area (Å²) in [5.74, 6) is 1.03. The number of ether oxygens (including phenoxy) is 1. The van der Waals surface area contributed by atoms with Crippen LogP contribution in [0.25, 0.3) is 0 Å². The van der Waals surface area contributed by atoms with Crippen LogP contribution in [0.15, 0.2) is 24.3 Å². The summed E-state index contributed by atoms with van der Waals surface area (Å²) >= 11 is 0. The van der Waals surface area contributed by atoms with Gasteiger partial charge in [-0.25, -0.2) is 0 Å². The largest absolute Gasteiger partial charge is 0.496 e. The summed E-state index contributed by atoms with van der Waals surface area (Å²) in [5, 5.41) is 0. The Morgan fingerprint density at radius 1 is 1.15 bits per heavy atom. The quantitative estimate of drug-likeness (QED) is 0.672. The van der Waals surface area contributed by atoms with Gasteiger partial charge in [0.15, 0.2) is 0 Å². The molecule has 1 aromatic carbocycles. The van der Waals surface area contributed by atoms with Gasteiger partial charge in [-0.15, -0.1) is 0 Å². The van der Waals surface area contributed by atoms with Gasteiger partial charge in [0.25, 0.3) is 0 Å². The minimum absolute atomic E-state index is 1.03. The normalized spacial score (nSPS) is 11.4. The number of rotatable bonds is 3. The van der Waals surface area contributed by atoms with Crippen molar-refractivity contribution in [1.29, 1.82) is 0 Å². The first-order valence-corrected chi connectivity index (χ1v) is 8.35. The van der Waals surface area contributed by atoms with E-state index in [1.165, 1.54) is 11.6 Å². The van der Waals surface area contributed by atoms with Gasteiger partial charge in [-0.05, 0) is 17.7 Å². The molecule has 1 nitrogen and oxygen atoms in total. The highest BCUT2D eigenvalue weighted by molar-refractivity contribution is 6.75. The molecule has 0 saturated carbocycles. The Hall–Kier alpha value is -0.763. The van der Waals surface area contributed by atoms with E-state index >= 15 is 0 Å². The van der Waals surface area contributed by atoms with Crippen molar-refractivity contribution in [3.05, 3.63) is 29.8 Å². The third-order valence-corrected chi connectivity index (χ3v) is 3.35. The van der Waals surface area contributed by atoms with Gasteiger partial charge in [0, 0.05) is 8.07 Å². The Balaban J connectivity index is 2.87. The van der Waals surface area contributed by atoms with Crippen molar-refractivity contribution < 1.29 is 4.74 Å². The summed E-state index contributed by atoms with van der Waals surface area (Å²) in [6.07, 6.45) is 0. The van der Waals surface area contributed by atoms with Crippen LogP contribution in [0.5, 0.6) is 5.75 Å². The van der Waals surface area contributed by atoms with E-state index in [1.54, 1.807) is 7.11 Å². The first kappa shape index (κ1) is 10.3. The monoisotopic (exact) mass is 194 g/mol. The molecule has 0 radical (unpaired) electrons. The van der Waals surface area contributed by atoms with Gasteiger partial charge >= 0.3 is 0 Å². The first-order valence-electron chi connectivity index (χ1n) is 4.65. The number of hydrogen-bond acceptors (Lipinski definition) is 1. The van der Waals surface area contributed by atoms with Crippen LogP contribution in [-0.4, -0.2) is 15.2 Å². The minimum atomic E-state index is -1.03. The Morgan fingerprint density at radius 3 is 2.31 bits per heavy atom. The fraction of sp³-hybridized carbons (Fsp3) is 0.455. The zero-order valence-corrected chi connectivity index (χ0v) is 9.92. The van der Waals surface area contributed by atoms with Gasteiger partial charge in [0.1, 0.15) is 5.75 Å². The van der Waals surface area contributed by atoms with Crippen molar-refractivity contribution in [3.8, 4) is 5.75 Å². The second kappa shape index (κ2) is 3.96. The molecule has 0 aromatic heterocycles. The summed E-state index contributed by atoms with van der Waals surface area (Å²) in [6.45, 7) is 7.12. The molecule has 0 aliphatic heterocycles. The Morgan fingerprint density at radius 2 is 1.77 bits per heavy atom. The van der Waals surface area contributed by atoms with Crippen LogP contribution in [0.2, 0.25) is 19.6 Å². The smallest absolute Gasteiger partial charge is 0.121 e. The molecule has 0 saturated heterocycles. The molecule has 72 valence electrons. The maximum atomic E-state index is 5.31. The average molecular weight is 194 g/mol. The third kappa shape index (κ3) is 3.23. The second-order valence-electron chi connectivity index (χ2n) is 4.55. The molecule has 0 aliphatic rings. The second-order valence-corrected chi connectivity index (χ2v) is 10.0. The van der Waals surface area contributed by atoms with E-state index in [4.69, 9.17) is 4.74 Å². The zero-order valence-electron chi connectivity index (χ0n) is 8.92. The highest BCUT2D eigenvalue weighted by Crippen LogP contribution is 2.21. The number of hydrogen-bond donors (Lipinski definition) is 0. The molecule has 0 fully saturated rings. The van der Waals surface area contributed by atoms with Crippen molar-refractivity contribution in [2.24, 2.45) is 0 Å². The van der Waals surface area contributed by atoms with Crippen molar-refractivity contribution in [3.63, 3.8) is 0 Å². The van der Waals surface area contributed by atoms with E-state index in [1.807, 2.05) is 12.1 Å². The standard InChI is InChI=1S/C11H18OSi/c1-12-11-8-6-5-7-10(11)9-13(2,3)4/h5-8H,9H2,1-4H3. The summed E-state index contributed by atoms with van der Waals surface area (Å²) in [4.78, 5) is 0. The van der Waals surface area contributed by atoms with Crippen LogP contribution in [0.1, 0.15) is 5.56 Å². The highest BCUT2D eigenvalue weighted by Gasteiger charge is 2.15. The van der Waals surface area contributed by atoms with Crippen molar-refractivity contribution in [2.45, 2.75) is 25.7 Å². The fourth-order valence-electron chi connectivity index (χ4n) is 1.42. The van der Waals surface area contributed by atoms with Crippen molar-refractivity contribution in [2.75, 3.05) is 7.11 Å². The molecule has 0 unspecified atom stereocenters. The van der Waals surface area contributed by atoms with Crippen LogP contribution in [-0.2, 0) is 6.04 Å². The molecule has 0 aliphatic carbocycles. The molecule has 1 aromatic rings. The molecule has 0 amide bonds. The lowest BCUT2D eigenvalue weighted by Gasteiger charge is -2.17. The summed E-state index contributed by atoms with van der Waals surface area (Å²) in [6, 6.07) is 9.49. The maximum Gasteiger partial charge on any atom is 0.121 e. The molecule has 0 bridgehead atoms. The molecule has 2 heteroatoms. The van der Waals surface area contributed by atoms with Gasteiger partial charge < -0.3 is 4.74 Å². The molecular weight excluding hydrogens is 176 g/mol. The predicted molar refractivity (Wildman–Crippen MR) is 60.0 cm³/mol. The van der Waals surface area contributed by atoms with Gasteiger partial charge in [-0.1, -0.05) is 37.8 Å². The van der Waals surface area contributed by atoms with Crippen LogP contribution in [0.3, 0.4) is 0 Å². The molecular formula is C11H18OSi. The molecule has 0 spiro atoms. The van der Waals surface area contributed by atoms with Crippen LogP contribution < -0.4 is 4.74 Å². The van der Waals surface area contributed by atoms with Gasteiger partial charge in [-0.3, -0.25) is 0 Å². The van der Waals surface area contributed by atoms with Gasteiger partial charge in [-0.2, -0.15) is 0 Å². The first-order chi connectivity index (χ1) is 6.03. The summed E-state index contributed by atoms with van der Waals surface area (Å²) < 4.78 is 5.31. The topological polar surface area (TPSA) is 9.23 Å². The lowest BCUT2D eigenvalue weighted by atomic mass is 10.2. The minimum Gasteiger partial charge on any atom is -0.496 e. The summed E-state index contributed by atoms with van der Waals surface area (Å²) in [7, 11) is 0.713. The lowest BCUT2D eigenvalue weighted by Crippen LogP contribution is -2.24. The Labute approximate surface area is 81.8 Å². The van der Waals surface area contributed by atoms with Crippen LogP contribution >= 0.6 is 0 Å². The SMILES string of the molecule is COc1ccccc1C[Si](C)(C)C. The molecule has 1 rings (SSSR count). The Bertz CT molecular complexity index is 276. The maximum absolute atomic E-state index is 5.31. The van der Waals surface area contributed by atoms with E-state index < -0.39 is 8.07 Å². The zero-order chi connectivity index (χ0) is 9.90. The van der Waals surface area contributed by atoms with E-state index in [0.29, 0.717) is 0 Å². The van der Waals surface area contributed by atoms with Gasteiger partial charge in [0.2, 0.25) is 0 Å². The number of para-hydroxylation sites is 1. The average Bonchev–Trinajstić information content (AvgIpc) is 2.02. The fourth-order valence-corrected chi connectivity index (χ4v) is 2.86. The van der Waals surface area contributed by atoms with Crippen molar-refractivity contribution >= 4 is 8.07 Å². The highest BCUT2D eigenvalue weighted by atomic mass is 28.3. The van der Waals surface area contributed by atoms with Crippen LogP contribution in [0.4, 0.5) is 0 Å². The van der Waals surface area contributed by atoms with E-state index in [0.717, 1.165) is 5.75 Å². The summed E-state index contributed by atoms with van der Waals surface area (Å²) in [5.41, 5.74) is 1.35. The van der Waals surface area contributed by atoms with Gasteiger partial charge in [0.05, 0.1) is 7.11 Å². The molecule has 0 N–H and O–H groups in total. The van der Waals surface area contributed by atoms with E-state index in [9.17, 15) is 0 Å². The lowest BCUT2D eigenvalue weighted by molar-refractivity contribution is 0.411. The predicted octanol–water partition coefficient (Wildman–Crippen LogP) is 3.12. The van der Waals surface area contributed by atoms with E-state index in [-0.39, 0.29) is 0 Å². The molecule has 0 atom stereocenters. The van der Waals surface area contributed by atoms with Crippen molar-refractivity contribution in [1.82, 2.24) is 0 Å². The van der Waals surface area contributed by atoms with E-state index in [2.05, 4.69) is 31.8 Å². The number of methoxy groups -OCH3 is 1. The van der Waals surface area contributed by atoms with Crippen LogP contribution in [0, 0.1) is 0 Å². The Kier molecular flexibility index (Phi) is 3.15. The molecule has 13 heavy (non-hydrogen) atoms. The molecule has 0 heterocycles. The third-order valence-electron chi connectivity index (χ3n) is 1.91. The number of benzene rings is 1.